The quantitative estimate of drug-likeness (QED) is 0.632. The molecule has 0 aromatic heterocycles. The van der Waals surface area contributed by atoms with E-state index >= 15 is 0 Å². The molecular formula is C15H13ClO3. The molecule has 3 nitrogen and oxygen atoms in total. The molecule has 0 atom stereocenters. The van der Waals surface area contributed by atoms with E-state index in [4.69, 9.17) is 21.1 Å². The van der Waals surface area contributed by atoms with E-state index in [1.54, 1.807) is 36.4 Å². The highest BCUT2D eigenvalue weighted by Crippen LogP contribution is 2.16. The number of ether oxygens (including phenoxy) is 2. The second-order valence-corrected chi connectivity index (χ2v) is 4.47. The van der Waals surface area contributed by atoms with Gasteiger partial charge < -0.3 is 9.47 Å². The molecule has 0 bridgehead atoms. The lowest BCUT2D eigenvalue weighted by molar-refractivity contribution is -0.136. The van der Waals surface area contributed by atoms with E-state index < -0.39 is 5.97 Å². The molecule has 0 radical (unpaired) electrons. The predicted octanol–water partition coefficient (Wildman–Crippen LogP) is 3.63. The molecule has 0 aliphatic heterocycles. The van der Waals surface area contributed by atoms with Gasteiger partial charge in [-0.3, -0.25) is 0 Å². The van der Waals surface area contributed by atoms with E-state index in [1.807, 2.05) is 19.1 Å². The van der Waals surface area contributed by atoms with Gasteiger partial charge in [0.1, 0.15) is 11.5 Å². The van der Waals surface area contributed by atoms with Crippen molar-refractivity contribution in [3.63, 3.8) is 0 Å². The van der Waals surface area contributed by atoms with Gasteiger partial charge in [0.15, 0.2) is 6.61 Å². The molecule has 2 aromatic carbocycles. The van der Waals surface area contributed by atoms with Crippen LogP contribution in [0.4, 0.5) is 0 Å². The molecule has 0 spiro atoms. The first-order valence-electron chi connectivity index (χ1n) is 5.79. The fraction of sp³-hybridized carbons (Fsp3) is 0.133. The third-order valence-electron chi connectivity index (χ3n) is 2.39. The summed E-state index contributed by atoms with van der Waals surface area (Å²) in [7, 11) is 0. The second kappa shape index (κ2) is 6.25. The van der Waals surface area contributed by atoms with Gasteiger partial charge in [-0.05, 0) is 48.9 Å². The maximum atomic E-state index is 11.6. The third kappa shape index (κ3) is 4.30. The number of halogens is 1. The molecule has 0 aliphatic carbocycles. The normalized spacial score (nSPS) is 10.0. The zero-order chi connectivity index (χ0) is 13.7. The fourth-order valence-corrected chi connectivity index (χ4v) is 1.64. The standard InChI is InChI=1S/C15H13ClO3/c1-11-3-2-4-14(9-11)19-15(17)10-18-13-7-5-12(16)6-8-13/h2-9H,10H2,1H3. The monoisotopic (exact) mass is 276 g/mol. The van der Waals surface area contributed by atoms with Gasteiger partial charge in [-0.25, -0.2) is 4.79 Å². The van der Waals surface area contributed by atoms with Crippen LogP contribution in [0.3, 0.4) is 0 Å². The number of carbonyl (C=O) groups excluding carboxylic acids is 1. The lowest BCUT2D eigenvalue weighted by Gasteiger charge is -2.07. The molecular weight excluding hydrogens is 264 g/mol. The highest BCUT2D eigenvalue weighted by Gasteiger charge is 2.06. The van der Waals surface area contributed by atoms with Crippen LogP contribution in [0.15, 0.2) is 48.5 Å². The third-order valence-corrected chi connectivity index (χ3v) is 2.64. The van der Waals surface area contributed by atoms with Crippen LogP contribution in [0, 0.1) is 6.92 Å². The highest BCUT2D eigenvalue weighted by atomic mass is 35.5. The van der Waals surface area contributed by atoms with Crippen LogP contribution < -0.4 is 9.47 Å². The molecule has 0 saturated heterocycles. The smallest absolute Gasteiger partial charge is 0.349 e. The number of hydrogen-bond acceptors (Lipinski definition) is 3. The molecule has 0 heterocycles. The number of hydrogen-bond donors (Lipinski definition) is 0. The maximum Gasteiger partial charge on any atom is 0.349 e. The lowest BCUT2D eigenvalue weighted by atomic mass is 10.2. The maximum absolute atomic E-state index is 11.6. The van der Waals surface area contributed by atoms with Crippen molar-refractivity contribution in [2.75, 3.05) is 6.61 Å². The molecule has 0 amide bonds. The van der Waals surface area contributed by atoms with Gasteiger partial charge in [0, 0.05) is 5.02 Å². The molecule has 98 valence electrons. The van der Waals surface area contributed by atoms with Crippen LogP contribution in [0.2, 0.25) is 5.02 Å². The minimum atomic E-state index is -0.444. The van der Waals surface area contributed by atoms with Gasteiger partial charge in [-0.15, -0.1) is 0 Å². The van der Waals surface area contributed by atoms with Crippen molar-refractivity contribution in [1.29, 1.82) is 0 Å². The fourth-order valence-electron chi connectivity index (χ4n) is 1.51. The summed E-state index contributed by atoms with van der Waals surface area (Å²) < 4.78 is 10.4. The Bertz CT molecular complexity index is 564. The van der Waals surface area contributed by atoms with Crippen molar-refractivity contribution in [3.05, 3.63) is 59.1 Å². The minimum absolute atomic E-state index is 0.143. The highest BCUT2D eigenvalue weighted by molar-refractivity contribution is 6.30. The Kier molecular flexibility index (Phi) is 4.42. The zero-order valence-electron chi connectivity index (χ0n) is 10.4. The van der Waals surface area contributed by atoms with Crippen molar-refractivity contribution in [1.82, 2.24) is 0 Å². The summed E-state index contributed by atoms with van der Waals surface area (Å²) in [4.78, 5) is 11.6. The van der Waals surface area contributed by atoms with Crippen LogP contribution in [-0.4, -0.2) is 12.6 Å². The topological polar surface area (TPSA) is 35.5 Å². The SMILES string of the molecule is Cc1cccc(OC(=O)COc2ccc(Cl)cc2)c1. The molecule has 0 saturated carbocycles. The van der Waals surface area contributed by atoms with Gasteiger partial charge in [0.25, 0.3) is 0 Å². The first-order valence-corrected chi connectivity index (χ1v) is 6.17. The van der Waals surface area contributed by atoms with E-state index in [-0.39, 0.29) is 6.61 Å². The van der Waals surface area contributed by atoms with Crippen molar-refractivity contribution in [2.24, 2.45) is 0 Å². The average molecular weight is 277 g/mol. The molecule has 4 heteroatoms. The summed E-state index contributed by atoms with van der Waals surface area (Å²) in [5, 5.41) is 0.620. The summed E-state index contributed by atoms with van der Waals surface area (Å²) in [6, 6.07) is 14.1. The lowest BCUT2D eigenvalue weighted by Crippen LogP contribution is -2.17. The Morgan fingerprint density at radius 1 is 1.11 bits per heavy atom. The summed E-state index contributed by atoms with van der Waals surface area (Å²) in [6.45, 7) is 1.79. The van der Waals surface area contributed by atoms with E-state index in [2.05, 4.69) is 0 Å². The zero-order valence-corrected chi connectivity index (χ0v) is 11.2. The summed E-state index contributed by atoms with van der Waals surface area (Å²) >= 11 is 5.75. The van der Waals surface area contributed by atoms with Gasteiger partial charge in [0.05, 0.1) is 0 Å². The molecule has 2 aromatic rings. The molecule has 0 fully saturated rings. The van der Waals surface area contributed by atoms with Crippen molar-refractivity contribution < 1.29 is 14.3 Å². The van der Waals surface area contributed by atoms with Crippen molar-refractivity contribution in [3.8, 4) is 11.5 Å². The number of esters is 1. The first-order chi connectivity index (χ1) is 9.13. The van der Waals surface area contributed by atoms with Gasteiger partial charge >= 0.3 is 5.97 Å². The number of aryl methyl sites for hydroxylation is 1. The molecule has 19 heavy (non-hydrogen) atoms. The average Bonchev–Trinajstić information content (AvgIpc) is 2.38. The summed E-state index contributed by atoms with van der Waals surface area (Å²) in [5.74, 6) is 0.649. The number of benzene rings is 2. The Morgan fingerprint density at radius 3 is 2.53 bits per heavy atom. The first kappa shape index (κ1) is 13.4. The van der Waals surface area contributed by atoms with Gasteiger partial charge in [-0.2, -0.15) is 0 Å². The Morgan fingerprint density at radius 2 is 1.84 bits per heavy atom. The van der Waals surface area contributed by atoms with Crippen LogP contribution >= 0.6 is 11.6 Å². The second-order valence-electron chi connectivity index (χ2n) is 4.03. The Labute approximate surface area is 116 Å². The molecule has 0 unspecified atom stereocenters. The van der Waals surface area contributed by atoms with Crippen molar-refractivity contribution >= 4 is 17.6 Å². The molecule has 2 rings (SSSR count). The summed E-state index contributed by atoms with van der Waals surface area (Å²) in [5.41, 5.74) is 1.03. The Balaban J connectivity index is 1.86. The molecule has 0 aliphatic rings. The molecule has 0 N–H and O–H groups in total. The van der Waals surface area contributed by atoms with Crippen LogP contribution in [0.1, 0.15) is 5.56 Å². The van der Waals surface area contributed by atoms with Gasteiger partial charge in [0.2, 0.25) is 0 Å². The predicted molar refractivity (Wildman–Crippen MR) is 73.8 cm³/mol. The number of rotatable bonds is 4. The van der Waals surface area contributed by atoms with Gasteiger partial charge in [-0.1, -0.05) is 23.7 Å². The van der Waals surface area contributed by atoms with Crippen LogP contribution in [0.5, 0.6) is 11.5 Å². The van der Waals surface area contributed by atoms with Crippen molar-refractivity contribution in [2.45, 2.75) is 6.92 Å². The minimum Gasteiger partial charge on any atom is -0.482 e. The summed E-state index contributed by atoms with van der Waals surface area (Å²) in [6.07, 6.45) is 0. The largest absolute Gasteiger partial charge is 0.482 e. The number of carbonyl (C=O) groups is 1. The van der Waals surface area contributed by atoms with E-state index in [0.717, 1.165) is 5.56 Å². The van der Waals surface area contributed by atoms with Crippen LogP contribution in [-0.2, 0) is 4.79 Å². The van der Waals surface area contributed by atoms with E-state index in [9.17, 15) is 4.79 Å². The van der Waals surface area contributed by atoms with E-state index in [0.29, 0.717) is 16.5 Å². The van der Waals surface area contributed by atoms with E-state index in [1.165, 1.54) is 0 Å². The van der Waals surface area contributed by atoms with Crippen LogP contribution in [0.25, 0.3) is 0 Å². The Hall–Kier alpha value is -2.00.